The van der Waals surface area contributed by atoms with Gasteiger partial charge in [-0.15, -0.1) is 0 Å². The van der Waals surface area contributed by atoms with Gasteiger partial charge in [0.05, 0.1) is 0 Å². The smallest absolute Gasteiger partial charge is 0.0485 e. The van der Waals surface area contributed by atoms with Gasteiger partial charge >= 0.3 is 0 Å². The number of aryl methyl sites for hydroxylation is 3. The average Bonchev–Trinajstić information content (AvgIpc) is 2.96. The highest BCUT2D eigenvalue weighted by atomic mass is 15.0. The van der Waals surface area contributed by atoms with Crippen LogP contribution in [0.2, 0.25) is 0 Å². The van der Waals surface area contributed by atoms with Crippen molar-refractivity contribution in [3.63, 3.8) is 0 Å². The zero-order chi connectivity index (χ0) is 18.1. The van der Waals surface area contributed by atoms with Crippen molar-refractivity contribution in [1.29, 1.82) is 0 Å². The van der Waals surface area contributed by atoms with Gasteiger partial charge in [-0.25, -0.2) is 0 Å². The maximum atomic E-state index is 6.26. The Morgan fingerprint density at radius 3 is 2.58 bits per heavy atom. The second-order valence-electron chi connectivity index (χ2n) is 7.70. The summed E-state index contributed by atoms with van der Waals surface area (Å²) >= 11 is 0. The first-order valence-electron chi connectivity index (χ1n) is 10.1. The van der Waals surface area contributed by atoms with Crippen molar-refractivity contribution in [2.24, 2.45) is 5.73 Å². The van der Waals surface area contributed by atoms with Gasteiger partial charge in [0, 0.05) is 29.1 Å². The van der Waals surface area contributed by atoms with Crippen LogP contribution in [0.4, 0.5) is 0 Å². The van der Waals surface area contributed by atoms with E-state index in [1.165, 1.54) is 53.4 Å². The van der Waals surface area contributed by atoms with Gasteiger partial charge < -0.3 is 10.3 Å². The number of nitrogens with zero attached hydrogens (tertiary/aromatic N) is 1. The molecule has 0 bridgehead atoms. The quantitative estimate of drug-likeness (QED) is 0.682. The topological polar surface area (TPSA) is 30.9 Å². The third-order valence-corrected chi connectivity index (χ3v) is 6.26. The van der Waals surface area contributed by atoms with E-state index < -0.39 is 0 Å². The molecule has 0 amide bonds. The Balaban J connectivity index is 1.71. The van der Waals surface area contributed by atoms with Crippen LogP contribution in [-0.4, -0.2) is 11.1 Å². The van der Waals surface area contributed by atoms with Crippen LogP contribution in [0, 0.1) is 6.92 Å². The first kappa shape index (κ1) is 17.4. The Hall–Kier alpha value is -2.06. The van der Waals surface area contributed by atoms with Gasteiger partial charge in [0.25, 0.3) is 0 Å². The van der Waals surface area contributed by atoms with Gasteiger partial charge in [-0.3, -0.25) is 0 Å². The molecule has 1 unspecified atom stereocenters. The molecule has 2 aromatic carbocycles. The second-order valence-corrected chi connectivity index (χ2v) is 7.70. The minimum Gasteiger partial charge on any atom is -0.345 e. The number of nitrogens with two attached hydrogens (primary N) is 1. The van der Waals surface area contributed by atoms with Crippen molar-refractivity contribution in [2.75, 3.05) is 6.54 Å². The van der Waals surface area contributed by atoms with Crippen LogP contribution in [0.3, 0.4) is 0 Å². The van der Waals surface area contributed by atoms with E-state index in [0.717, 1.165) is 13.0 Å². The summed E-state index contributed by atoms with van der Waals surface area (Å²) in [5, 5.41) is 1.39. The summed E-state index contributed by atoms with van der Waals surface area (Å²) in [5.41, 5.74) is 15.0. The molecule has 0 saturated carbocycles. The first-order chi connectivity index (χ1) is 12.7. The van der Waals surface area contributed by atoms with E-state index in [1.54, 1.807) is 11.1 Å². The number of aromatic nitrogens is 1. The van der Waals surface area contributed by atoms with E-state index in [0.29, 0.717) is 12.5 Å². The molecule has 4 rings (SSSR count). The Kier molecular flexibility index (Phi) is 4.86. The van der Waals surface area contributed by atoms with Gasteiger partial charge in [0.2, 0.25) is 0 Å². The van der Waals surface area contributed by atoms with E-state index in [-0.39, 0.29) is 0 Å². The van der Waals surface area contributed by atoms with E-state index in [9.17, 15) is 0 Å². The SMILES string of the molecule is CCn1c(C)c(CC(CN)c2ccc3c(c2)CCCC3)c2ccccc21. The van der Waals surface area contributed by atoms with Crippen LogP contribution in [0.5, 0.6) is 0 Å². The molecule has 1 heterocycles. The van der Waals surface area contributed by atoms with Gasteiger partial charge in [0.15, 0.2) is 0 Å². The molecule has 2 heteroatoms. The zero-order valence-electron chi connectivity index (χ0n) is 16.1. The maximum absolute atomic E-state index is 6.26. The van der Waals surface area contributed by atoms with Crippen molar-refractivity contribution < 1.29 is 0 Å². The molecule has 0 radical (unpaired) electrons. The van der Waals surface area contributed by atoms with Crippen molar-refractivity contribution in [1.82, 2.24) is 4.57 Å². The average molecular weight is 347 g/mol. The lowest BCUT2D eigenvalue weighted by atomic mass is 9.85. The molecule has 0 saturated heterocycles. The molecule has 1 atom stereocenters. The molecule has 0 aliphatic heterocycles. The minimum absolute atomic E-state index is 0.386. The summed E-state index contributed by atoms with van der Waals surface area (Å²) < 4.78 is 2.44. The molecule has 136 valence electrons. The number of benzene rings is 2. The van der Waals surface area contributed by atoms with Gasteiger partial charge in [-0.2, -0.15) is 0 Å². The molecule has 1 aromatic heterocycles. The molecular formula is C24H30N2. The minimum atomic E-state index is 0.386. The van der Waals surface area contributed by atoms with Crippen molar-refractivity contribution in [2.45, 2.75) is 58.4 Å². The normalized spacial score (nSPS) is 15.2. The molecule has 1 aliphatic carbocycles. The number of rotatable bonds is 5. The first-order valence-corrected chi connectivity index (χ1v) is 10.1. The van der Waals surface area contributed by atoms with Gasteiger partial charge in [0.1, 0.15) is 0 Å². The molecule has 26 heavy (non-hydrogen) atoms. The molecule has 2 N–H and O–H groups in total. The molecular weight excluding hydrogens is 316 g/mol. The van der Waals surface area contributed by atoms with Crippen molar-refractivity contribution >= 4 is 10.9 Å². The van der Waals surface area contributed by atoms with Crippen LogP contribution in [0.15, 0.2) is 42.5 Å². The largest absolute Gasteiger partial charge is 0.345 e. The van der Waals surface area contributed by atoms with Crippen LogP contribution in [0.25, 0.3) is 10.9 Å². The standard InChI is InChI=1S/C24H30N2/c1-3-26-17(2)23(22-10-6-7-11-24(22)26)15-21(16-25)20-13-12-18-8-4-5-9-19(18)14-20/h6-7,10-14,21H,3-5,8-9,15-16,25H2,1-2H3. The fourth-order valence-electron chi connectivity index (χ4n) is 4.76. The Labute approximate surface area is 157 Å². The summed E-state index contributed by atoms with van der Waals surface area (Å²) in [6, 6.07) is 15.9. The Morgan fingerprint density at radius 2 is 1.81 bits per heavy atom. The highest BCUT2D eigenvalue weighted by Gasteiger charge is 2.19. The number of hydrogen-bond donors (Lipinski definition) is 1. The summed E-state index contributed by atoms with van der Waals surface area (Å²) in [5.74, 6) is 0.386. The predicted octanol–water partition coefficient (Wildman–Crippen LogP) is 5.13. The van der Waals surface area contributed by atoms with Crippen LogP contribution >= 0.6 is 0 Å². The third kappa shape index (κ3) is 2.97. The fraction of sp³-hybridized carbons (Fsp3) is 0.417. The second kappa shape index (κ2) is 7.28. The molecule has 2 nitrogen and oxygen atoms in total. The van der Waals surface area contributed by atoms with Crippen LogP contribution < -0.4 is 5.73 Å². The highest BCUT2D eigenvalue weighted by molar-refractivity contribution is 5.85. The van der Waals surface area contributed by atoms with Crippen LogP contribution in [-0.2, 0) is 25.8 Å². The summed E-state index contributed by atoms with van der Waals surface area (Å²) in [6.07, 6.45) is 6.16. The lowest BCUT2D eigenvalue weighted by Crippen LogP contribution is -2.16. The lowest BCUT2D eigenvalue weighted by Gasteiger charge is -2.21. The monoisotopic (exact) mass is 346 g/mol. The van der Waals surface area contributed by atoms with Crippen LogP contribution in [0.1, 0.15) is 53.6 Å². The summed E-state index contributed by atoms with van der Waals surface area (Å²) in [6.45, 7) is 6.20. The van der Waals surface area contributed by atoms with E-state index >= 15 is 0 Å². The van der Waals surface area contributed by atoms with Gasteiger partial charge in [-0.05, 0) is 80.8 Å². The summed E-state index contributed by atoms with van der Waals surface area (Å²) in [7, 11) is 0. The van der Waals surface area contributed by atoms with E-state index in [1.807, 2.05) is 0 Å². The molecule has 1 aliphatic rings. The van der Waals surface area contributed by atoms with Gasteiger partial charge in [-0.1, -0.05) is 36.4 Å². The fourth-order valence-corrected chi connectivity index (χ4v) is 4.76. The summed E-state index contributed by atoms with van der Waals surface area (Å²) in [4.78, 5) is 0. The number of hydrogen-bond acceptors (Lipinski definition) is 1. The number of para-hydroxylation sites is 1. The maximum Gasteiger partial charge on any atom is 0.0485 e. The highest BCUT2D eigenvalue weighted by Crippen LogP contribution is 2.32. The van der Waals surface area contributed by atoms with E-state index in [2.05, 4.69) is 60.9 Å². The Morgan fingerprint density at radius 1 is 1.04 bits per heavy atom. The predicted molar refractivity (Wildman–Crippen MR) is 111 cm³/mol. The van der Waals surface area contributed by atoms with E-state index in [4.69, 9.17) is 5.73 Å². The Bertz CT molecular complexity index is 919. The zero-order valence-corrected chi connectivity index (χ0v) is 16.1. The van der Waals surface area contributed by atoms with Crippen molar-refractivity contribution in [3.8, 4) is 0 Å². The van der Waals surface area contributed by atoms with Crippen molar-refractivity contribution in [3.05, 3.63) is 70.4 Å². The molecule has 0 fully saturated rings. The molecule has 3 aromatic rings. The third-order valence-electron chi connectivity index (χ3n) is 6.26. The number of fused-ring (bicyclic) bond motifs is 2. The molecule has 0 spiro atoms. The lowest BCUT2D eigenvalue weighted by molar-refractivity contribution is 0.665.